The van der Waals surface area contributed by atoms with E-state index in [0.717, 1.165) is 12.0 Å². The highest BCUT2D eigenvalue weighted by molar-refractivity contribution is 6.02. The van der Waals surface area contributed by atoms with Crippen LogP contribution in [0.25, 0.3) is 0 Å². The first kappa shape index (κ1) is 29.7. The number of carbonyl (C=O) groups is 3. The summed E-state index contributed by atoms with van der Waals surface area (Å²) in [5, 5.41) is 28.8. The third-order valence-electron chi connectivity index (χ3n) is 8.94. The molecule has 18 heteroatoms. The molecule has 6 rings (SSSR count). The van der Waals surface area contributed by atoms with E-state index in [-0.39, 0.29) is 29.4 Å². The number of carbonyl (C=O) groups excluding carboxylic acids is 3. The highest BCUT2D eigenvalue weighted by atomic mass is 19.4. The van der Waals surface area contributed by atoms with Gasteiger partial charge in [0.25, 0.3) is 5.91 Å². The van der Waals surface area contributed by atoms with Gasteiger partial charge in [-0.05, 0) is 17.9 Å². The van der Waals surface area contributed by atoms with Gasteiger partial charge in [-0.15, -0.1) is 0 Å². The Morgan fingerprint density at radius 1 is 1.23 bits per heavy atom. The average molecular weight is 624 g/mol. The molecule has 2 fully saturated rings. The van der Waals surface area contributed by atoms with Gasteiger partial charge in [-0.3, -0.25) is 14.5 Å². The van der Waals surface area contributed by atoms with E-state index in [2.05, 4.69) is 20.6 Å². The summed E-state index contributed by atoms with van der Waals surface area (Å²) in [7, 11) is 0. The Kier molecular flexibility index (Phi) is 6.48. The summed E-state index contributed by atoms with van der Waals surface area (Å²) in [5.41, 5.74) is 11.0. The molecule has 0 unspecified atom stereocenters. The van der Waals surface area contributed by atoms with Gasteiger partial charge in [0.1, 0.15) is 30.9 Å². The predicted molar refractivity (Wildman–Crippen MR) is 146 cm³/mol. The van der Waals surface area contributed by atoms with Crippen LogP contribution in [-0.2, 0) is 10.2 Å². The molecule has 15 nitrogen and oxygen atoms in total. The van der Waals surface area contributed by atoms with E-state index < -0.39 is 73.2 Å². The lowest BCUT2D eigenvalue weighted by Crippen LogP contribution is -2.78. The second kappa shape index (κ2) is 9.59. The summed E-state index contributed by atoms with van der Waals surface area (Å²) >= 11 is 0. The molecule has 0 bridgehead atoms. The van der Waals surface area contributed by atoms with E-state index in [4.69, 9.17) is 16.2 Å². The quantitative estimate of drug-likeness (QED) is 0.162. The molecule has 4 atom stereocenters. The van der Waals surface area contributed by atoms with Gasteiger partial charge in [-0.2, -0.15) is 13.2 Å². The van der Waals surface area contributed by atoms with Crippen molar-refractivity contribution in [2.45, 2.75) is 61.4 Å². The van der Waals surface area contributed by atoms with E-state index in [9.17, 15) is 37.8 Å². The largest absolute Gasteiger partial charge is 0.492 e. The minimum atomic E-state index is -4.73. The van der Waals surface area contributed by atoms with Crippen LogP contribution in [0, 0.1) is 0 Å². The van der Waals surface area contributed by atoms with Crippen LogP contribution in [-0.4, -0.2) is 123 Å². The number of alkyl halides is 3. The molecule has 5 aliphatic rings. The fraction of sp³-hybridized carbons (Fsp3) is 0.577. The van der Waals surface area contributed by atoms with Crippen molar-refractivity contribution in [3.05, 3.63) is 29.3 Å². The number of aliphatic imine (C=N–C) groups is 2. The monoisotopic (exact) mass is 623 g/mol. The number of nitrogens with zero attached hydrogens (tertiary/aromatic N) is 5. The Hall–Kier alpha value is -4.32. The van der Waals surface area contributed by atoms with Gasteiger partial charge in [0.05, 0.1) is 24.8 Å². The number of guanidine groups is 2. The number of nitrogens with two attached hydrogens (primary N) is 2. The Morgan fingerprint density at radius 2 is 1.95 bits per heavy atom. The number of nitrogens with one attached hydrogen (secondary N) is 2. The molecule has 5 heterocycles. The molecule has 5 aliphatic heterocycles. The van der Waals surface area contributed by atoms with Crippen molar-refractivity contribution in [1.29, 1.82) is 0 Å². The SMILES string of the molecule is CC1(C)CCOc2c(C(=O)N[C@H]3CN4C(N)=N[C@@H](CN5C(=O)CN(CC(F)(F)F)C5=O)[C@@H]5N=C(N)N[C@@]54C3(O)O)cccc21. The Labute approximate surface area is 248 Å². The number of fused-ring (bicyclic) bond motifs is 1. The van der Waals surface area contributed by atoms with E-state index in [0.29, 0.717) is 22.2 Å². The fourth-order valence-electron chi connectivity index (χ4n) is 6.72. The molecule has 0 saturated carbocycles. The number of hydrogen-bond donors (Lipinski definition) is 6. The van der Waals surface area contributed by atoms with Crippen molar-refractivity contribution in [3.63, 3.8) is 0 Å². The standard InChI is InChI=1S/C26H32F3N9O6/c1-23(2)6-7-44-17-12(4-3-5-13(17)23)19(40)33-15-9-38-21(31)32-14(18-25(38,26(15,42)43)35-20(30)34-18)8-37-16(39)10-36(22(37)41)11-24(27,28)29/h3-5,14-15,18,42-43H,6-11H2,1-2H3,(H2,31,32)(H,33,40)(H3,30,34,35)/t14-,15-,18-,25-/m0/s1. The number of rotatable bonds is 5. The van der Waals surface area contributed by atoms with E-state index in [1.165, 1.54) is 4.90 Å². The van der Waals surface area contributed by atoms with Crippen molar-refractivity contribution in [3.8, 4) is 5.75 Å². The zero-order valence-corrected chi connectivity index (χ0v) is 23.8. The van der Waals surface area contributed by atoms with Crippen molar-refractivity contribution in [2.24, 2.45) is 21.5 Å². The maximum atomic E-state index is 13.6. The van der Waals surface area contributed by atoms with Gasteiger partial charge in [0, 0.05) is 12.1 Å². The third kappa shape index (κ3) is 4.37. The average Bonchev–Trinajstić information content (AvgIpc) is 3.48. The second-order valence-corrected chi connectivity index (χ2v) is 12.2. The normalized spacial score (nSPS) is 30.2. The molecule has 1 spiro atoms. The summed E-state index contributed by atoms with van der Waals surface area (Å²) < 4.78 is 44.7. The smallest absolute Gasteiger partial charge is 0.406 e. The first-order valence-corrected chi connectivity index (χ1v) is 13.9. The summed E-state index contributed by atoms with van der Waals surface area (Å²) in [5.74, 6) is -4.50. The minimum absolute atomic E-state index is 0.189. The molecular weight excluding hydrogens is 591 g/mol. The molecule has 44 heavy (non-hydrogen) atoms. The highest BCUT2D eigenvalue weighted by Crippen LogP contribution is 2.46. The number of benzene rings is 1. The maximum Gasteiger partial charge on any atom is 0.406 e. The van der Waals surface area contributed by atoms with Crippen LogP contribution in [0.15, 0.2) is 28.2 Å². The van der Waals surface area contributed by atoms with Gasteiger partial charge >= 0.3 is 12.2 Å². The molecule has 4 amide bonds. The summed E-state index contributed by atoms with van der Waals surface area (Å²) in [4.78, 5) is 49.6. The number of para-hydroxylation sites is 1. The zero-order chi connectivity index (χ0) is 32.0. The highest BCUT2D eigenvalue weighted by Gasteiger charge is 2.73. The van der Waals surface area contributed by atoms with Gasteiger partial charge in [-0.1, -0.05) is 26.0 Å². The zero-order valence-electron chi connectivity index (χ0n) is 23.8. The van der Waals surface area contributed by atoms with Crippen LogP contribution < -0.4 is 26.8 Å². The lowest BCUT2D eigenvalue weighted by atomic mass is 9.79. The van der Waals surface area contributed by atoms with Crippen LogP contribution >= 0.6 is 0 Å². The van der Waals surface area contributed by atoms with Crippen molar-refractivity contribution in [2.75, 3.05) is 32.8 Å². The van der Waals surface area contributed by atoms with Crippen molar-refractivity contribution in [1.82, 2.24) is 25.3 Å². The molecule has 0 aromatic heterocycles. The number of halogens is 3. The number of hydrogen-bond acceptors (Lipinski definition) is 12. The Bertz CT molecular complexity index is 1500. The molecule has 8 N–H and O–H groups in total. The number of aliphatic hydroxyl groups is 2. The molecule has 238 valence electrons. The second-order valence-electron chi connectivity index (χ2n) is 12.2. The lowest BCUT2D eigenvalue weighted by Gasteiger charge is -2.49. The predicted octanol–water partition coefficient (Wildman–Crippen LogP) is -1.65. The van der Waals surface area contributed by atoms with Crippen LogP contribution in [0.2, 0.25) is 0 Å². The number of ether oxygens (including phenoxy) is 1. The van der Waals surface area contributed by atoms with Gasteiger partial charge in [0.15, 0.2) is 17.6 Å². The van der Waals surface area contributed by atoms with Crippen LogP contribution in [0.5, 0.6) is 5.75 Å². The number of amides is 4. The lowest BCUT2D eigenvalue weighted by molar-refractivity contribution is -0.230. The van der Waals surface area contributed by atoms with E-state index >= 15 is 0 Å². The molecule has 1 aromatic carbocycles. The van der Waals surface area contributed by atoms with E-state index in [1.807, 2.05) is 19.9 Å². The van der Waals surface area contributed by atoms with Gasteiger partial charge in [0.2, 0.25) is 11.7 Å². The Morgan fingerprint density at radius 3 is 2.66 bits per heavy atom. The van der Waals surface area contributed by atoms with Crippen molar-refractivity contribution >= 4 is 29.8 Å². The first-order valence-electron chi connectivity index (χ1n) is 13.9. The van der Waals surface area contributed by atoms with Crippen LogP contribution in [0.4, 0.5) is 18.0 Å². The molecule has 0 aliphatic carbocycles. The topological polar surface area (TPSA) is 211 Å². The molecule has 0 radical (unpaired) electrons. The maximum absolute atomic E-state index is 13.6. The molecule has 1 aromatic rings. The minimum Gasteiger partial charge on any atom is -0.492 e. The fourth-order valence-corrected chi connectivity index (χ4v) is 6.72. The number of imide groups is 1. The van der Waals surface area contributed by atoms with Crippen molar-refractivity contribution < 1.29 is 42.5 Å². The van der Waals surface area contributed by atoms with Gasteiger partial charge < -0.3 is 46.9 Å². The first-order chi connectivity index (χ1) is 20.5. The Balaban J connectivity index is 1.28. The van der Waals surface area contributed by atoms with Gasteiger partial charge in [-0.25, -0.2) is 14.8 Å². The summed E-state index contributed by atoms with van der Waals surface area (Å²) in [6, 6.07) is 0.0198. The van der Waals surface area contributed by atoms with E-state index in [1.54, 1.807) is 12.1 Å². The number of urea groups is 1. The van der Waals surface area contributed by atoms with Crippen LogP contribution in [0.1, 0.15) is 36.2 Å². The summed E-state index contributed by atoms with van der Waals surface area (Å²) in [6.45, 7) is 1.20. The molecule has 2 saturated heterocycles. The summed E-state index contributed by atoms with van der Waals surface area (Å²) in [6.07, 6.45) is -3.99. The molecular formula is C26H32F3N9O6. The third-order valence-corrected chi connectivity index (χ3v) is 8.94. The van der Waals surface area contributed by atoms with Crippen LogP contribution in [0.3, 0.4) is 0 Å².